The summed E-state index contributed by atoms with van der Waals surface area (Å²) >= 11 is 0. The van der Waals surface area contributed by atoms with Gasteiger partial charge in [-0.1, -0.05) is 18.2 Å². The van der Waals surface area contributed by atoms with Crippen LogP contribution in [0.15, 0.2) is 30.3 Å². The lowest BCUT2D eigenvalue weighted by Gasteiger charge is -2.39. The Morgan fingerprint density at radius 1 is 1.23 bits per heavy atom. The molecule has 0 spiro atoms. The van der Waals surface area contributed by atoms with Gasteiger partial charge in [0.25, 0.3) is 0 Å². The lowest BCUT2D eigenvalue weighted by molar-refractivity contribution is -0.141. The van der Waals surface area contributed by atoms with Crippen LogP contribution in [0.2, 0.25) is 0 Å². The van der Waals surface area contributed by atoms with Crippen LogP contribution in [0.5, 0.6) is 0 Å². The average Bonchev–Trinajstić information content (AvgIpc) is 3.24. The molecule has 2 amide bonds. The molecule has 4 rings (SSSR count). The number of aromatic nitrogens is 3. The van der Waals surface area contributed by atoms with E-state index < -0.39 is 5.41 Å². The van der Waals surface area contributed by atoms with Crippen molar-refractivity contribution >= 4 is 22.7 Å². The number of fused-ring (bicyclic) bond motifs is 1. The van der Waals surface area contributed by atoms with Crippen LogP contribution in [0.1, 0.15) is 42.4 Å². The average molecular weight is 422 g/mol. The van der Waals surface area contributed by atoms with Crippen LogP contribution in [0.25, 0.3) is 10.9 Å². The molecule has 1 saturated heterocycles. The predicted molar refractivity (Wildman–Crippen MR) is 121 cm³/mol. The SMILES string of the molecule is Cc1n[nH]c(C)c1CNC(=O)C1(C)CCCN(C(=O)Cn2c(C)cc3ccccc32)C1. The topological polar surface area (TPSA) is 83.0 Å². The van der Waals surface area contributed by atoms with Crippen molar-refractivity contribution < 1.29 is 9.59 Å². The van der Waals surface area contributed by atoms with E-state index in [1.165, 1.54) is 0 Å². The number of amides is 2. The molecule has 3 aromatic rings. The van der Waals surface area contributed by atoms with Crippen molar-refractivity contribution in [3.05, 3.63) is 53.0 Å². The summed E-state index contributed by atoms with van der Waals surface area (Å²) in [5.74, 6) is 0.0531. The van der Waals surface area contributed by atoms with Gasteiger partial charge >= 0.3 is 0 Å². The van der Waals surface area contributed by atoms with Gasteiger partial charge in [-0.25, -0.2) is 0 Å². The molecule has 1 aromatic carbocycles. The normalized spacial score (nSPS) is 19.0. The first kappa shape index (κ1) is 21.2. The zero-order chi connectivity index (χ0) is 22.2. The molecule has 2 aromatic heterocycles. The van der Waals surface area contributed by atoms with Gasteiger partial charge in [0, 0.05) is 42.1 Å². The van der Waals surface area contributed by atoms with E-state index in [4.69, 9.17) is 0 Å². The summed E-state index contributed by atoms with van der Waals surface area (Å²) in [6, 6.07) is 10.2. The number of nitrogens with zero attached hydrogens (tertiary/aromatic N) is 3. The second-order valence-corrected chi connectivity index (χ2v) is 9.01. The number of piperidine rings is 1. The third-order valence-corrected chi connectivity index (χ3v) is 6.61. The number of para-hydroxylation sites is 1. The number of carbonyl (C=O) groups excluding carboxylic acids is 2. The number of nitrogens with one attached hydrogen (secondary N) is 2. The fraction of sp³-hybridized carbons (Fsp3) is 0.458. The smallest absolute Gasteiger partial charge is 0.242 e. The molecule has 0 radical (unpaired) electrons. The van der Waals surface area contributed by atoms with Crippen molar-refractivity contribution in [2.24, 2.45) is 5.41 Å². The molecule has 1 fully saturated rings. The largest absolute Gasteiger partial charge is 0.351 e. The van der Waals surface area contributed by atoms with Crippen molar-refractivity contribution in [1.82, 2.24) is 25.0 Å². The van der Waals surface area contributed by atoms with E-state index in [2.05, 4.69) is 32.2 Å². The third-order valence-electron chi connectivity index (χ3n) is 6.61. The Morgan fingerprint density at radius 3 is 2.74 bits per heavy atom. The number of hydrogen-bond acceptors (Lipinski definition) is 3. The highest BCUT2D eigenvalue weighted by Crippen LogP contribution is 2.30. The van der Waals surface area contributed by atoms with E-state index >= 15 is 0 Å². The van der Waals surface area contributed by atoms with Gasteiger partial charge in [-0.2, -0.15) is 5.10 Å². The Kier molecular flexibility index (Phi) is 5.60. The minimum Gasteiger partial charge on any atom is -0.351 e. The minimum atomic E-state index is -0.590. The molecule has 1 atom stereocenters. The first-order valence-electron chi connectivity index (χ1n) is 10.9. The number of aryl methyl sites for hydroxylation is 3. The fourth-order valence-corrected chi connectivity index (χ4v) is 4.65. The van der Waals surface area contributed by atoms with Gasteiger partial charge in [-0.15, -0.1) is 0 Å². The van der Waals surface area contributed by atoms with Crippen LogP contribution < -0.4 is 5.32 Å². The van der Waals surface area contributed by atoms with Gasteiger partial charge in [0.15, 0.2) is 0 Å². The molecule has 1 unspecified atom stereocenters. The Morgan fingerprint density at radius 2 is 2.00 bits per heavy atom. The molecular formula is C24H31N5O2. The third kappa shape index (κ3) is 4.09. The molecule has 31 heavy (non-hydrogen) atoms. The first-order valence-corrected chi connectivity index (χ1v) is 10.9. The molecule has 7 heteroatoms. The maximum Gasteiger partial charge on any atom is 0.242 e. The molecule has 2 N–H and O–H groups in total. The molecule has 0 saturated carbocycles. The van der Waals surface area contributed by atoms with Crippen molar-refractivity contribution in [3.8, 4) is 0 Å². The highest BCUT2D eigenvalue weighted by molar-refractivity contribution is 5.86. The minimum absolute atomic E-state index is 0.00686. The molecular weight excluding hydrogens is 390 g/mol. The van der Waals surface area contributed by atoms with Crippen LogP contribution in [-0.4, -0.2) is 44.6 Å². The number of likely N-dealkylation sites (tertiary alicyclic amines) is 1. The van der Waals surface area contributed by atoms with Gasteiger partial charge in [0.05, 0.1) is 11.1 Å². The van der Waals surface area contributed by atoms with Crippen LogP contribution in [0.4, 0.5) is 0 Å². The van der Waals surface area contributed by atoms with Crippen molar-refractivity contribution in [1.29, 1.82) is 0 Å². The summed E-state index contributed by atoms with van der Waals surface area (Å²) < 4.78 is 2.06. The van der Waals surface area contributed by atoms with E-state index in [0.717, 1.165) is 46.4 Å². The van der Waals surface area contributed by atoms with E-state index in [1.54, 1.807) is 0 Å². The Balaban J connectivity index is 1.43. The standard InChI is InChI=1S/C24H31N5O2/c1-16-12-19-8-5-6-9-21(19)29(16)14-22(30)28-11-7-10-24(4,15-28)23(31)25-13-20-17(2)26-27-18(20)3/h5-6,8-9,12H,7,10-11,13-15H2,1-4H3,(H,25,31)(H,26,27). The zero-order valence-corrected chi connectivity index (χ0v) is 18.8. The van der Waals surface area contributed by atoms with Gasteiger partial charge in [0.1, 0.15) is 6.54 Å². The van der Waals surface area contributed by atoms with Crippen LogP contribution in [-0.2, 0) is 22.7 Å². The second-order valence-electron chi connectivity index (χ2n) is 9.01. The van der Waals surface area contributed by atoms with Crippen LogP contribution >= 0.6 is 0 Å². The number of rotatable bonds is 5. The van der Waals surface area contributed by atoms with E-state index in [9.17, 15) is 9.59 Å². The monoisotopic (exact) mass is 421 g/mol. The highest BCUT2D eigenvalue weighted by atomic mass is 16.2. The lowest BCUT2D eigenvalue weighted by atomic mass is 9.81. The van der Waals surface area contributed by atoms with Gasteiger partial charge in [-0.3, -0.25) is 14.7 Å². The molecule has 1 aliphatic heterocycles. The van der Waals surface area contributed by atoms with Crippen LogP contribution in [0.3, 0.4) is 0 Å². The lowest BCUT2D eigenvalue weighted by Crippen LogP contribution is -2.52. The quantitative estimate of drug-likeness (QED) is 0.663. The fourth-order valence-electron chi connectivity index (χ4n) is 4.65. The Hall–Kier alpha value is -3.09. The van der Waals surface area contributed by atoms with E-state index in [0.29, 0.717) is 26.2 Å². The molecule has 0 bridgehead atoms. The van der Waals surface area contributed by atoms with Crippen molar-refractivity contribution in [2.45, 2.75) is 53.6 Å². The van der Waals surface area contributed by atoms with Gasteiger partial charge in [0.2, 0.25) is 11.8 Å². The number of benzene rings is 1. The van der Waals surface area contributed by atoms with Crippen molar-refractivity contribution in [2.75, 3.05) is 13.1 Å². The first-order chi connectivity index (χ1) is 14.8. The maximum atomic E-state index is 13.2. The zero-order valence-electron chi connectivity index (χ0n) is 18.8. The summed E-state index contributed by atoms with van der Waals surface area (Å²) in [6.45, 7) is 9.76. The maximum absolute atomic E-state index is 13.2. The number of carbonyl (C=O) groups is 2. The number of aromatic amines is 1. The summed E-state index contributed by atoms with van der Waals surface area (Å²) in [6.07, 6.45) is 1.60. The Labute approximate surface area is 182 Å². The summed E-state index contributed by atoms with van der Waals surface area (Å²) in [5.41, 5.74) is 4.44. The van der Waals surface area contributed by atoms with E-state index in [1.807, 2.05) is 50.8 Å². The number of hydrogen-bond donors (Lipinski definition) is 2. The van der Waals surface area contributed by atoms with Crippen LogP contribution in [0, 0.1) is 26.2 Å². The summed E-state index contributed by atoms with van der Waals surface area (Å²) in [7, 11) is 0. The Bertz CT molecular complexity index is 1110. The summed E-state index contributed by atoms with van der Waals surface area (Å²) in [4.78, 5) is 28.1. The molecule has 1 aliphatic rings. The van der Waals surface area contributed by atoms with Crippen molar-refractivity contribution in [3.63, 3.8) is 0 Å². The number of H-pyrrole nitrogens is 1. The second kappa shape index (κ2) is 8.21. The summed E-state index contributed by atoms with van der Waals surface area (Å²) in [5, 5.41) is 11.4. The highest BCUT2D eigenvalue weighted by Gasteiger charge is 2.39. The van der Waals surface area contributed by atoms with Gasteiger partial charge in [-0.05, 0) is 58.1 Å². The van der Waals surface area contributed by atoms with Gasteiger partial charge < -0.3 is 14.8 Å². The predicted octanol–water partition coefficient (Wildman–Crippen LogP) is 3.23. The molecule has 0 aliphatic carbocycles. The van der Waals surface area contributed by atoms with E-state index in [-0.39, 0.29) is 11.8 Å². The molecule has 3 heterocycles. The molecule has 164 valence electrons. The molecule has 7 nitrogen and oxygen atoms in total.